The summed E-state index contributed by atoms with van der Waals surface area (Å²) in [7, 11) is 4.60. The van der Waals surface area contributed by atoms with Crippen molar-refractivity contribution in [3.63, 3.8) is 0 Å². The number of allylic oxidation sites excluding steroid dienone is 2. The van der Waals surface area contributed by atoms with Gasteiger partial charge in [-0.2, -0.15) is 0 Å². The van der Waals surface area contributed by atoms with Crippen LogP contribution in [0.4, 0.5) is 16.2 Å². The predicted octanol–water partition coefficient (Wildman–Crippen LogP) is 4.02. The molecule has 0 aliphatic carbocycles. The second-order valence-electron chi connectivity index (χ2n) is 9.80. The number of carbonyl (C=O) groups is 2. The average Bonchev–Trinajstić information content (AvgIpc) is 2.89. The van der Waals surface area contributed by atoms with Crippen LogP contribution in [0.15, 0.2) is 47.1 Å². The van der Waals surface area contributed by atoms with Crippen LogP contribution in [-0.2, 0) is 23.7 Å². The first-order valence-electron chi connectivity index (χ1n) is 12.7. The zero-order valence-electron chi connectivity index (χ0n) is 24.1. The van der Waals surface area contributed by atoms with Crippen LogP contribution in [0.1, 0.15) is 39.7 Å². The Morgan fingerprint density at radius 2 is 1.77 bits per heavy atom. The van der Waals surface area contributed by atoms with Crippen molar-refractivity contribution < 1.29 is 38.7 Å². The van der Waals surface area contributed by atoms with Crippen molar-refractivity contribution in [3.05, 3.63) is 52.7 Å². The number of ether oxygens (including phenoxy) is 4. The first-order valence-corrected chi connectivity index (χ1v) is 12.7. The van der Waals surface area contributed by atoms with Crippen LogP contribution in [0.2, 0.25) is 0 Å². The number of nitrogen functional groups attached to an aromatic ring is 1. The van der Waals surface area contributed by atoms with E-state index >= 15 is 0 Å². The van der Waals surface area contributed by atoms with Gasteiger partial charge in [0.2, 0.25) is 0 Å². The standard InChI is InChI=1S/C29H41N3O8/c1-15-11-19-24(30)21(33)14-20(25(19)34)32-28(35)16(2)9-8-10-22(37-5)27(40-29(31)36)18(4)13-17(3)26(39-7)23(12-15)38-6/h8-11,13-14,17,22-23,26-27,33-34H,12,30H2,1-7H3,(H2,31,36)(H,32,35)/b10-8-,15-11-,16-9+,18-13+/t17-,22-,23-,26+,27-/m0/s1. The number of hydrogen-bond acceptors (Lipinski definition) is 9. The highest BCUT2D eigenvalue weighted by Gasteiger charge is 2.30. The van der Waals surface area contributed by atoms with E-state index in [1.54, 1.807) is 46.3 Å². The van der Waals surface area contributed by atoms with Gasteiger partial charge in [0.05, 0.1) is 23.6 Å². The summed E-state index contributed by atoms with van der Waals surface area (Å²) >= 11 is 0. The number of primary amides is 1. The van der Waals surface area contributed by atoms with E-state index in [4.69, 9.17) is 30.4 Å². The molecule has 0 radical (unpaired) electrons. The van der Waals surface area contributed by atoms with Crippen LogP contribution in [0.3, 0.4) is 0 Å². The molecule has 0 unspecified atom stereocenters. The smallest absolute Gasteiger partial charge is 0.405 e. The van der Waals surface area contributed by atoms with Crippen molar-refractivity contribution in [1.82, 2.24) is 0 Å². The molecular weight excluding hydrogens is 518 g/mol. The maximum Gasteiger partial charge on any atom is 0.405 e. The number of rotatable bonds is 4. The lowest BCUT2D eigenvalue weighted by atomic mass is 9.91. The molecule has 0 fully saturated rings. The maximum atomic E-state index is 12.9. The lowest BCUT2D eigenvalue weighted by Gasteiger charge is -2.30. The van der Waals surface area contributed by atoms with E-state index in [-0.39, 0.29) is 39.9 Å². The Hall–Kier alpha value is -3.80. The zero-order chi connectivity index (χ0) is 30.1. The van der Waals surface area contributed by atoms with Gasteiger partial charge in [-0.1, -0.05) is 36.8 Å². The van der Waals surface area contributed by atoms with Crippen molar-refractivity contribution in [3.8, 4) is 11.5 Å². The van der Waals surface area contributed by atoms with Gasteiger partial charge in [0.1, 0.15) is 17.6 Å². The first kappa shape index (κ1) is 32.4. The van der Waals surface area contributed by atoms with Crippen molar-refractivity contribution >= 4 is 29.5 Å². The number of fused-ring (bicyclic) bond motifs is 2. The third-order valence-corrected chi connectivity index (χ3v) is 6.77. The topological polar surface area (TPSA) is 176 Å². The van der Waals surface area contributed by atoms with Gasteiger partial charge >= 0.3 is 6.09 Å². The second kappa shape index (κ2) is 14.5. The van der Waals surface area contributed by atoms with Crippen molar-refractivity contribution in [1.29, 1.82) is 0 Å². The molecule has 0 saturated heterocycles. The Morgan fingerprint density at radius 1 is 1.10 bits per heavy atom. The Bertz CT molecular complexity index is 1200. The minimum atomic E-state index is -0.965. The number of methoxy groups -OCH3 is 3. The van der Waals surface area contributed by atoms with Gasteiger partial charge in [-0.3, -0.25) is 4.79 Å². The van der Waals surface area contributed by atoms with Crippen LogP contribution in [0.5, 0.6) is 11.5 Å². The van der Waals surface area contributed by atoms with Crippen LogP contribution in [0, 0.1) is 5.92 Å². The number of nitrogens with two attached hydrogens (primary N) is 2. The molecule has 1 aliphatic heterocycles. The summed E-state index contributed by atoms with van der Waals surface area (Å²) in [4.78, 5) is 24.6. The van der Waals surface area contributed by atoms with Gasteiger partial charge in [0, 0.05) is 44.5 Å². The number of benzene rings is 1. The van der Waals surface area contributed by atoms with Gasteiger partial charge in [0.15, 0.2) is 6.10 Å². The molecule has 0 aromatic heterocycles. The molecule has 1 heterocycles. The van der Waals surface area contributed by atoms with E-state index in [2.05, 4.69) is 5.32 Å². The Balaban J connectivity index is 2.73. The molecule has 0 spiro atoms. The van der Waals surface area contributed by atoms with Crippen molar-refractivity contribution in [2.24, 2.45) is 11.7 Å². The van der Waals surface area contributed by atoms with E-state index in [9.17, 15) is 19.8 Å². The molecule has 11 nitrogen and oxygen atoms in total. The highest BCUT2D eigenvalue weighted by molar-refractivity contribution is 6.05. The van der Waals surface area contributed by atoms with Crippen LogP contribution in [0.25, 0.3) is 6.08 Å². The Morgan fingerprint density at radius 3 is 2.35 bits per heavy atom. The average molecular weight is 560 g/mol. The summed E-state index contributed by atoms with van der Waals surface area (Å²) in [6, 6.07) is 1.18. The highest BCUT2D eigenvalue weighted by atomic mass is 16.6. The minimum Gasteiger partial charge on any atom is -0.506 e. The lowest BCUT2D eigenvalue weighted by Crippen LogP contribution is -2.37. The first-order chi connectivity index (χ1) is 18.8. The third-order valence-electron chi connectivity index (χ3n) is 6.77. The van der Waals surface area contributed by atoms with Crippen LogP contribution < -0.4 is 16.8 Å². The van der Waals surface area contributed by atoms with E-state index in [0.29, 0.717) is 12.0 Å². The summed E-state index contributed by atoms with van der Waals surface area (Å²) in [6.07, 6.45) is 5.27. The SMILES string of the molecule is CO[C@H]1[C@@H](OC)C/C(C)=C\c2c(N)c(O)cc(c2O)NC(=O)/C(C)=C/C=C\[C@H](OC)[C@@H](OC(N)=O)/C(C)=C/[C@@H]1C. The summed E-state index contributed by atoms with van der Waals surface area (Å²) in [5.74, 6) is -1.32. The number of carbonyl (C=O) groups excluding carboxylic acids is 2. The number of amides is 2. The van der Waals surface area contributed by atoms with Gasteiger partial charge in [-0.15, -0.1) is 0 Å². The van der Waals surface area contributed by atoms with Crippen molar-refractivity contribution in [2.75, 3.05) is 32.4 Å². The van der Waals surface area contributed by atoms with E-state index in [1.807, 2.05) is 19.9 Å². The molecule has 0 saturated carbocycles. The molecule has 1 aromatic rings. The normalized spacial score (nSPS) is 29.6. The third kappa shape index (κ3) is 8.10. The summed E-state index contributed by atoms with van der Waals surface area (Å²) in [5.41, 5.74) is 13.3. The summed E-state index contributed by atoms with van der Waals surface area (Å²) < 4.78 is 22.6. The van der Waals surface area contributed by atoms with E-state index in [0.717, 1.165) is 5.57 Å². The molecule has 2 rings (SSSR count). The second-order valence-corrected chi connectivity index (χ2v) is 9.80. The van der Waals surface area contributed by atoms with Gasteiger partial charge in [0.25, 0.3) is 5.91 Å². The predicted molar refractivity (Wildman–Crippen MR) is 154 cm³/mol. The largest absolute Gasteiger partial charge is 0.506 e. The molecule has 2 bridgehead atoms. The summed E-state index contributed by atoms with van der Waals surface area (Å²) in [5, 5.41) is 24.0. The zero-order valence-corrected chi connectivity index (χ0v) is 24.1. The number of anilines is 2. The van der Waals surface area contributed by atoms with Crippen LogP contribution >= 0.6 is 0 Å². The molecule has 220 valence electrons. The monoisotopic (exact) mass is 559 g/mol. The maximum absolute atomic E-state index is 12.9. The van der Waals surface area contributed by atoms with Gasteiger partial charge in [-0.05, 0) is 38.8 Å². The Kier molecular flexibility index (Phi) is 11.8. The van der Waals surface area contributed by atoms with Crippen LogP contribution in [-0.4, -0.2) is 68.0 Å². The Labute approximate surface area is 235 Å². The van der Waals surface area contributed by atoms with Crippen molar-refractivity contribution in [2.45, 2.75) is 58.5 Å². The molecule has 7 N–H and O–H groups in total. The fraction of sp³-hybridized carbons (Fsp3) is 0.448. The van der Waals surface area contributed by atoms with Gasteiger partial charge in [-0.25, -0.2) is 4.79 Å². The molecule has 40 heavy (non-hydrogen) atoms. The quantitative estimate of drug-likeness (QED) is 0.158. The highest BCUT2D eigenvalue weighted by Crippen LogP contribution is 2.40. The fourth-order valence-electron chi connectivity index (χ4n) is 4.65. The van der Waals surface area contributed by atoms with E-state index < -0.39 is 36.4 Å². The number of phenols is 2. The number of hydrogen-bond donors (Lipinski definition) is 5. The molecule has 2 amide bonds. The summed E-state index contributed by atoms with van der Waals surface area (Å²) in [6.45, 7) is 7.14. The molecule has 5 atom stereocenters. The lowest BCUT2D eigenvalue weighted by molar-refractivity contribution is -0.112. The van der Waals surface area contributed by atoms with E-state index in [1.165, 1.54) is 19.3 Å². The van der Waals surface area contributed by atoms with Gasteiger partial charge < -0.3 is 45.9 Å². The fourth-order valence-corrected chi connectivity index (χ4v) is 4.65. The minimum absolute atomic E-state index is 0.0124. The number of phenolic OH excluding ortho intramolecular Hbond substituents is 2. The molecular formula is C29H41N3O8. The molecule has 1 aromatic carbocycles. The number of aromatic hydroxyl groups is 2. The molecule has 1 aliphatic rings. The number of nitrogens with one attached hydrogen (secondary N) is 1. The molecule has 11 heteroatoms.